The van der Waals surface area contributed by atoms with Crippen LogP contribution in [0.3, 0.4) is 0 Å². The standard InChI is InChI=1S/C20H34N6O2S/c1-6-15(13(4)7-23-17-10-27-26-19(17)12(2)3)18(11-29-22)24-8-14(5)20-16(21)9-25-28-20/h9-15,23-24H,6-8,21-22H2,1-5H3/b18-11+. The number of rotatable bonds is 12. The van der Waals surface area contributed by atoms with Gasteiger partial charge < -0.3 is 25.4 Å². The number of hydrogen-bond acceptors (Lipinski definition) is 9. The summed E-state index contributed by atoms with van der Waals surface area (Å²) in [5.74, 6) is 1.80. The summed E-state index contributed by atoms with van der Waals surface area (Å²) in [6, 6.07) is 0. The summed E-state index contributed by atoms with van der Waals surface area (Å²) >= 11 is 1.21. The van der Waals surface area contributed by atoms with Gasteiger partial charge in [0, 0.05) is 41.9 Å². The van der Waals surface area contributed by atoms with E-state index in [1.54, 1.807) is 6.26 Å². The van der Waals surface area contributed by atoms with Crippen molar-refractivity contribution in [2.45, 2.75) is 52.9 Å². The van der Waals surface area contributed by atoms with E-state index in [2.05, 4.69) is 55.6 Å². The predicted molar refractivity (Wildman–Crippen MR) is 119 cm³/mol. The van der Waals surface area contributed by atoms with Crippen molar-refractivity contribution in [1.82, 2.24) is 15.6 Å². The van der Waals surface area contributed by atoms with Crippen molar-refractivity contribution in [3.8, 4) is 0 Å². The second kappa shape index (κ2) is 11.2. The minimum absolute atomic E-state index is 0.0974. The molecule has 0 saturated heterocycles. The highest BCUT2D eigenvalue weighted by Crippen LogP contribution is 2.28. The lowest BCUT2D eigenvalue weighted by Crippen LogP contribution is -2.30. The van der Waals surface area contributed by atoms with Gasteiger partial charge in [0.1, 0.15) is 12.0 Å². The molecule has 3 atom stereocenters. The third kappa shape index (κ3) is 6.17. The van der Waals surface area contributed by atoms with Gasteiger partial charge in [0.05, 0.1) is 17.6 Å². The molecule has 162 valence electrons. The smallest absolute Gasteiger partial charge is 0.164 e. The Hall–Kier alpha value is -2.13. The lowest BCUT2D eigenvalue weighted by Gasteiger charge is -2.28. The Kier molecular flexibility index (Phi) is 8.91. The third-order valence-electron chi connectivity index (χ3n) is 5.17. The topological polar surface area (TPSA) is 128 Å². The van der Waals surface area contributed by atoms with Crippen molar-refractivity contribution in [1.29, 1.82) is 0 Å². The number of allylic oxidation sites excluding steroid dienone is 1. The van der Waals surface area contributed by atoms with Crippen LogP contribution in [0, 0.1) is 11.8 Å². The predicted octanol–water partition coefficient (Wildman–Crippen LogP) is 4.28. The zero-order valence-electron chi connectivity index (χ0n) is 17.9. The molecule has 0 bridgehead atoms. The zero-order chi connectivity index (χ0) is 21.4. The van der Waals surface area contributed by atoms with Crippen LogP contribution in [0.2, 0.25) is 0 Å². The van der Waals surface area contributed by atoms with Crippen LogP contribution in [0.4, 0.5) is 11.4 Å². The van der Waals surface area contributed by atoms with E-state index in [9.17, 15) is 0 Å². The first-order valence-corrected chi connectivity index (χ1v) is 11.0. The van der Waals surface area contributed by atoms with Crippen molar-refractivity contribution in [2.75, 3.05) is 24.1 Å². The van der Waals surface area contributed by atoms with Crippen LogP contribution in [0.25, 0.3) is 0 Å². The highest BCUT2D eigenvalue weighted by molar-refractivity contribution is 8.00. The molecule has 0 aliphatic rings. The highest BCUT2D eigenvalue weighted by atomic mass is 32.2. The van der Waals surface area contributed by atoms with E-state index >= 15 is 0 Å². The first kappa shape index (κ1) is 23.2. The van der Waals surface area contributed by atoms with Crippen molar-refractivity contribution < 1.29 is 9.05 Å². The Labute approximate surface area is 177 Å². The van der Waals surface area contributed by atoms with Crippen LogP contribution in [-0.2, 0) is 0 Å². The van der Waals surface area contributed by atoms with Crippen molar-refractivity contribution in [2.24, 2.45) is 17.0 Å². The quantitative estimate of drug-likeness (QED) is 0.370. The van der Waals surface area contributed by atoms with Crippen LogP contribution in [-0.4, -0.2) is 23.4 Å². The summed E-state index contributed by atoms with van der Waals surface area (Å²) in [6.07, 6.45) is 4.20. The number of nitrogens with zero attached hydrogens (tertiary/aromatic N) is 2. The van der Waals surface area contributed by atoms with E-state index in [1.807, 2.05) is 5.41 Å². The van der Waals surface area contributed by atoms with Crippen molar-refractivity contribution in [3.63, 3.8) is 0 Å². The monoisotopic (exact) mass is 422 g/mol. The maximum Gasteiger partial charge on any atom is 0.164 e. The van der Waals surface area contributed by atoms with E-state index in [0.717, 1.165) is 30.0 Å². The van der Waals surface area contributed by atoms with Gasteiger partial charge in [-0.1, -0.05) is 56.9 Å². The van der Waals surface area contributed by atoms with E-state index < -0.39 is 0 Å². The van der Waals surface area contributed by atoms with Gasteiger partial charge in [-0.25, -0.2) is 0 Å². The molecule has 6 N–H and O–H groups in total. The zero-order valence-corrected chi connectivity index (χ0v) is 18.8. The molecule has 0 saturated carbocycles. The highest BCUT2D eigenvalue weighted by Gasteiger charge is 2.22. The summed E-state index contributed by atoms with van der Waals surface area (Å²) in [4.78, 5) is 0. The van der Waals surface area contributed by atoms with Crippen LogP contribution in [0.5, 0.6) is 0 Å². The fraction of sp³-hybridized carbons (Fsp3) is 0.600. The van der Waals surface area contributed by atoms with Gasteiger partial charge in [-0.05, 0) is 12.3 Å². The Morgan fingerprint density at radius 2 is 2.03 bits per heavy atom. The molecule has 2 aromatic heterocycles. The lowest BCUT2D eigenvalue weighted by molar-refractivity contribution is 0.356. The molecule has 2 aromatic rings. The van der Waals surface area contributed by atoms with E-state index in [4.69, 9.17) is 19.9 Å². The van der Waals surface area contributed by atoms with Gasteiger partial charge in [0.2, 0.25) is 0 Å². The number of aromatic nitrogens is 2. The number of nitrogens with one attached hydrogen (secondary N) is 2. The second-order valence-corrected chi connectivity index (χ2v) is 8.29. The Morgan fingerprint density at radius 3 is 2.62 bits per heavy atom. The average Bonchev–Trinajstić information content (AvgIpc) is 3.33. The first-order chi connectivity index (χ1) is 13.9. The third-order valence-corrected chi connectivity index (χ3v) is 5.56. The van der Waals surface area contributed by atoms with Gasteiger partial charge in [-0.3, -0.25) is 5.14 Å². The maximum absolute atomic E-state index is 5.92. The normalized spacial score (nSPS) is 15.3. The van der Waals surface area contributed by atoms with Gasteiger partial charge in [0.15, 0.2) is 5.76 Å². The van der Waals surface area contributed by atoms with Gasteiger partial charge in [-0.15, -0.1) is 0 Å². The summed E-state index contributed by atoms with van der Waals surface area (Å²) in [5, 5.41) is 22.7. The number of nitrogens with two attached hydrogens (primary N) is 2. The molecule has 29 heavy (non-hydrogen) atoms. The molecule has 0 fully saturated rings. The Morgan fingerprint density at radius 1 is 1.28 bits per heavy atom. The Bertz CT molecular complexity index is 773. The van der Waals surface area contributed by atoms with E-state index in [1.165, 1.54) is 18.1 Å². The minimum atomic E-state index is 0.0974. The summed E-state index contributed by atoms with van der Waals surface area (Å²) in [5.41, 5.74) is 9.53. The molecule has 3 unspecified atom stereocenters. The van der Waals surface area contributed by atoms with Crippen molar-refractivity contribution in [3.05, 3.63) is 35.0 Å². The largest absolute Gasteiger partial charge is 0.395 e. The fourth-order valence-corrected chi connectivity index (χ4v) is 3.87. The van der Waals surface area contributed by atoms with Crippen LogP contribution < -0.4 is 21.5 Å². The molecule has 0 spiro atoms. The second-order valence-electron chi connectivity index (χ2n) is 7.78. The molecule has 0 aliphatic heterocycles. The van der Waals surface area contributed by atoms with Gasteiger partial charge >= 0.3 is 0 Å². The van der Waals surface area contributed by atoms with Gasteiger partial charge in [-0.2, -0.15) is 0 Å². The maximum atomic E-state index is 5.92. The molecule has 8 nitrogen and oxygen atoms in total. The van der Waals surface area contributed by atoms with E-state index in [0.29, 0.717) is 35.7 Å². The molecular weight excluding hydrogens is 388 g/mol. The number of hydrogen-bond donors (Lipinski definition) is 4. The molecule has 0 aliphatic carbocycles. The summed E-state index contributed by atoms with van der Waals surface area (Å²) in [7, 11) is 0. The molecule has 2 rings (SSSR count). The van der Waals surface area contributed by atoms with Crippen molar-refractivity contribution >= 4 is 23.3 Å². The van der Waals surface area contributed by atoms with Crippen LogP contribution >= 0.6 is 11.9 Å². The molecule has 0 radical (unpaired) electrons. The molecule has 0 amide bonds. The minimum Gasteiger partial charge on any atom is -0.395 e. The molecule has 9 heteroatoms. The van der Waals surface area contributed by atoms with E-state index in [-0.39, 0.29) is 5.92 Å². The lowest BCUT2D eigenvalue weighted by atomic mass is 9.88. The number of anilines is 2. The number of nitrogen functional groups attached to an aromatic ring is 1. The first-order valence-electron chi connectivity index (χ1n) is 10.1. The fourth-order valence-electron chi connectivity index (χ4n) is 3.46. The molecule has 2 heterocycles. The molecular formula is C20H34N6O2S. The summed E-state index contributed by atoms with van der Waals surface area (Å²) < 4.78 is 10.4. The summed E-state index contributed by atoms with van der Waals surface area (Å²) in [6.45, 7) is 12.2. The van der Waals surface area contributed by atoms with Crippen LogP contribution in [0.1, 0.15) is 64.3 Å². The average molecular weight is 423 g/mol. The molecule has 0 aromatic carbocycles. The Balaban J connectivity index is 2.00. The van der Waals surface area contributed by atoms with Gasteiger partial charge in [0.25, 0.3) is 0 Å². The van der Waals surface area contributed by atoms with Crippen LogP contribution in [0.15, 0.2) is 32.6 Å². The SMILES string of the molecule is CCC(/C(=C\SN)NCC(C)c1oncc1N)C(C)CNc1conc1C(C)C.